The molecule has 0 radical (unpaired) electrons. The summed E-state index contributed by atoms with van der Waals surface area (Å²) in [6.07, 6.45) is 3.98. The van der Waals surface area contributed by atoms with Crippen LogP contribution in [-0.2, 0) is 19.2 Å². The molecule has 0 atom stereocenters. The van der Waals surface area contributed by atoms with E-state index in [4.69, 9.17) is 0 Å². The van der Waals surface area contributed by atoms with Crippen LogP contribution in [0, 0.1) is 0 Å². The van der Waals surface area contributed by atoms with Crippen LogP contribution in [0.25, 0.3) is 0 Å². The summed E-state index contributed by atoms with van der Waals surface area (Å²) >= 11 is 0.278. The van der Waals surface area contributed by atoms with Crippen molar-refractivity contribution in [2.24, 2.45) is 0 Å². The fraction of sp³-hybridized carbons (Fsp3) is 0.333. The first-order valence-electron chi connectivity index (χ1n) is 2.34. The van der Waals surface area contributed by atoms with Gasteiger partial charge in [0.25, 0.3) is 0 Å². The van der Waals surface area contributed by atoms with E-state index in [0.29, 0.717) is 0 Å². The third-order valence-electron chi connectivity index (χ3n) is 0.577. The van der Waals surface area contributed by atoms with Crippen LogP contribution in [0.2, 0.25) is 9.45 Å². The van der Waals surface area contributed by atoms with Crippen molar-refractivity contribution in [3.8, 4) is 0 Å². The number of allylic oxidation sites excluding steroid dienone is 2. The molecule has 0 N–H and O–H groups in total. The third-order valence-corrected chi connectivity index (χ3v) is 2.38. The molecule has 0 nitrogen and oxygen atoms in total. The van der Waals surface area contributed by atoms with E-state index in [1.54, 1.807) is 0 Å². The van der Waals surface area contributed by atoms with Crippen molar-refractivity contribution in [2.75, 3.05) is 0 Å². The van der Waals surface area contributed by atoms with Crippen LogP contribution in [-0.4, -0.2) is 0 Å². The molecule has 0 heterocycles. The molecule has 0 saturated carbocycles. The molecule has 38 valence electrons. The normalized spacial score (nSPS) is 7.43. The second-order valence-corrected chi connectivity index (χ2v) is 3.29. The Morgan fingerprint density at radius 2 is 1.57 bits per heavy atom. The molecule has 0 unspecified atom stereocenters. The molecular formula is C6H10Ti. The van der Waals surface area contributed by atoms with Crippen molar-refractivity contribution in [3.05, 3.63) is 25.3 Å². The maximum absolute atomic E-state index is 3.63. The van der Waals surface area contributed by atoms with E-state index in [1.165, 1.54) is 9.45 Å². The quantitative estimate of drug-likeness (QED) is 0.311. The summed E-state index contributed by atoms with van der Waals surface area (Å²) in [5.41, 5.74) is 0. The monoisotopic (exact) mass is 130 g/mol. The number of hydrogen-bond acceptors (Lipinski definition) is 0. The molecule has 1 heteroatoms. The van der Waals surface area contributed by atoms with Gasteiger partial charge in [-0.3, -0.25) is 0 Å². The number of rotatable bonds is 4. The topological polar surface area (TPSA) is 0 Å². The Bertz CT molecular complexity index is 49.2. The van der Waals surface area contributed by atoms with E-state index in [-0.39, 0.29) is 19.2 Å². The van der Waals surface area contributed by atoms with Crippen molar-refractivity contribution in [1.82, 2.24) is 0 Å². The molecule has 0 spiro atoms. The molecule has 0 aliphatic heterocycles. The fourth-order valence-corrected chi connectivity index (χ4v) is 1.19. The summed E-state index contributed by atoms with van der Waals surface area (Å²) in [6, 6.07) is 0. The van der Waals surface area contributed by atoms with Crippen LogP contribution in [0.15, 0.2) is 25.3 Å². The van der Waals surface area contributed by atoms with Crippen molar-refractivity contribution in [1.29, 1.82) is 0 Å². The maximum atomic E-state index is 3.63. The van der Waals surface area contributed by atoms with Crippen molar-refractivity contribution < 1.29 is 19.2 Å². The van der Waals surface area contributed by atoms with Crippen molar-refractivity contribution in [3.63, 3.8) is 0 Å². The van der Waals surface area contributed by atoms with Crippen LogP contribution in [0.1, 0.15) is 0 Å². The van der Waals surface area contributed by atoms with Gasteiger partial charge in [0.15, 0.2) is 0 Å². The Hall–Kier alpha value is 0.194. The van der Waals surface area contributed by atoms with Gasteiger partial charge in [0.1, 0.15) is 0 Å². The summed E-state index contributed by atoms with van der Waals surface area (Å²) < 4.78 is 2.48. The molecule has 0 amide bonds. The molecule has 0 bridgehead atoms. The molecule has 0 aliphatic carbocycles. The van der Waals surface area contributed by atoms with Gasteiger partial charge in [0, 0.05) is 0 Å². The van der Waals surface area contributed by atoms with Crippen LogP contribution < -0.4 is 0 Å². The van der Waals surface area contributed by atoms with E-state index in [9.17, 15) is 0 Å². The SMILES string of the molecule is C=C[CH2][Ti][CH2]C=C. The summed E-state index contributed by atoms with van der Waals surface area (Å²) in [5.74, 6) is 0. The zero-order valence-corrected chi connectivity index (χ0v) is 6.04. The van der Waals surface area contributed by atoms with Gasteiger partial charge < -0.3 is 0 Å². The van der Waals surface area contributed by atoms with Gasteiger partial charge in [-0.2, -0.15) is 0 Å². The zero-order chi connectivity index (χ0) is 5.54. The van der Waals surface area contributed by atoms with Gasteiger partial charge in [0.05, 0.1) is 0 Å². The molecule has 0 fully saturated rings. The molecule has 0 aliphatic rings. The van der Waals surface area contributed by atoms with Gasteiger partial charge in [-0.1, -0.05) is 0 Å². The van der Waals surface area contributed by atoms with Gasteiger partial charge >= 0.3 is 53.9 Å². The van der Waals surface area contributed by atoms with Gasteiger partial charge in [-0.05, 0) is 0 Å². The summed E-state index contributed by atoms with van der Waals surface area (Å²) in [4.78, 5) is 0. The van der Waals surface area contributed by atoms with Crippen molar-refractivity contribution >= 4 is 0 Å². The minimum absolute atomic E-state index is 0.278. The van der Waals surface area contributed by atoms with Crippen LogP contribution >= 0.6 is 0 Å². The standard InChI is InChI=1S/2C3H5.Ti/c2*1-3-2;/h2*3H,1-2H2;. The Morgan fingerprint density at radius 1 is 1.14 bits per heavy atom. The third kappa shape index (κ3) is 6.19. The predicted molar refractivity (Wildman–Crippen MR) is 30.0 cm³/mol. The average molecular weight is 130 g/mol. The van der Waals surface area contributed by atoms with E-state index in [2.05, 4.69) is 13.2 Å². The van der Waals surface area contributed by atoms with E-state index < -0.39 is 0 Å². The molecule has 0 rings (SSSR count). The second kappa shape index (κ2) is 6.19. The van der Waals surface area contributed by atoms with Crippen LogP contribution in [0.4, 0.5) is 0 Å². The summed E-state index contributed by atoms with van der Waals surface area (Å²) in [5, 5.41) is 0. The predicted octanol–water partition coefficient (Wildman–Crippen LogP) is 2.28. The molecular weight excluding hydrogens is 120 g/mol. The van der Waals surface area contributed by atoms with Gasteiger partial charge in [-0.25, -0.2) is 0 Å². The van der Waals surface area contributed by atoms with E-state index in [1.807, 2.05) is 12.2 Å². The molecule has 0 aromatic carbocycles. The molecule has 7 heavy (non-hydrogen) atoms. The Kier molecular flexibility index (Phi) is 6.37. The Morgan fingerprint density at radius 3 is 1.86 bits per heavy atom. The first-order valence-corrected chi connectivity index (χ1v) is 4.55. The van der Waals surface area contributed by atoms with E-state index >= 15 is 0 Å². The van der Waals surface area contributed by atoms with E-state index in [0.717, 1.165) is 0 Å². The Labute approximate surface area is 54.2 Å². The van der Waals surface area contributed by atoms with Gasteiger partial charge in [-0.15, -0.1) is 0 Å². The van der Waals surface area contributed by atoms with Crippen LogP contribution in [0.5, 0.6) is 0 Å². The van der Waals surface area contributed by atoms with Crippen molar-refractivity contribution in [2.45, 2.75) is 9.45 Å². The first kappa shape index (κ1) is 7.19. The summed E-state index contributed by atoms with van der Waals surface area (Å²) in [7, 11) is 0. The van der Waals surface area contributed by atoms with Gasteiger partial charge in [0.2, 0.25) is 0 Å². The molecule has 0 aromatic rings. The van der Waals surface area contributed by atoms with Crippen LogP contribution in [0.3, 0.4) is 0 Å². The first-order chi connectivity index (χ1) is 3.41. The molecule has 0 aromatic heterocycles. The zero-order valence-electron chi connectivity index (χ0n) is 4.48. The second-order valence-electron chi connectivity index (χ2n) is 1.24. The summed E-state index contributed by atoms with van der Waals surface area (Å²) in [6.45, 7) is 7.26. The Balaban J connectivity index is 2.68. The number of hydrogen-bond donors (Lipinski definition) is 0. The fourth-order valence-electron chi connectivity index (χ4n) is 0.287. The minimum atomic E-state index is 0.278. The molecule has 0 saturated heterocycles. The average Bonchev–Trinajstić information content (AvgIpc) is 1.69.